The van der Waals surface area contributed by atoms with E-state index in [-0.39, 0.29) is 0 Å². The summed E-state index contributed by atoms with van der Waals surface area (Å²) in [5, 5.41) is 23.5. The zero-order chi connectivity index (χ0) is 11.9. The minimum absolute atomic E-state index is 0.586. The fourth-order valence-electron chi connectivity index (χ4n) is 1.79. The molecule has 0 saturated carbocycles. The van der Waals surface area contributed by atoms with E-state index in [1.165, 1.54) is 4.63 Å². The van der Waals surface area contributed by atoms with Gasteiger partial charge in [0, 0.05) is 0 Å². The van der Waals surface area contributed by atoms with Crippen LogP contribution in [0.1, 0.15) is 0 Å². The molecule has 0 fully saturated rings. The highest BCUT2D eigenvalue weighted by Crippen LogP contribution is 2.13. The molecule has 8 heteroatoms. The lowest BCUT2D eigenvalue weighted by molar-refractivity contribution is 0.697. The Hall–Kier alpha value is -2.90. The molecule has 0 unspecified atom stereocenters. The smallest absolute Gasteiger partial charge is 0.193 e. The first-order valence-electron chi connectivity index (χ1n) is 5.28. The van der Waals surface area contributed by atoms with Gasteiger partial charge in [-0.2, -0.15) is 4.68 Å². The van der Waals surface area contributed by atoms with Crippen LogP contribution < -0.4 is 0 Å². The number of para-hydroxylation sites is 1. The average molecular weight is 238 g/mol. The lowest BCUT2D eigenvalue weighted by Crippen LogP contribution is -2.04. The molecule has 0 amide bonds. The number of nitrogens with zero attached hydrogens (tertiary/aromatic N) is 8. The van der Waals surface area contributed by atoms with Crippen LogP contribution in [0.25, 0.3) is 22.5 Å². The molecule has 8 nitrogen and oxygen atoms in total. The van der Waals surface area contributed by atoms with Crippen LogP contribution in [-0.2, 0) is 0 Å². The van der Waals surface area contributed by atoms with E-state index in [0.29, 0.717) is 11.5 Å². The van der Waals surface area contributed by atoms with Gasteiger partial charge in [-0.3, -0.25) is 0 Å². The molecule has 86 valence electrons. The van der Waals surface area contributed by atoms with E-state index in [9.17, 15) is 0 Å². The number of rotatable bonds is 1. The first-order valence-corrected chi connectivity index (χ1v) is 5.28. The zero-order valence-electron chi connectivity index (χ0n) is 9.04. The van der Waals surface area contributed by atoms with Gasteiger partial charge in [-0.25, -0.2) is 0 Å². The average Bonchev–Trinajstić information content (AvgIpc) is 3.04. The predicted molar refractivity (Wildman–Crippen MR) is 61.0 cm³/mol. The van der Waals surface area contributed by atoms with E-state index < -0.39 is 0 Å². The molecular formula is C10H6N8. The van der Waals surface area contributed by atoms with Gasteiger partial charge in [0.15, 0.2) is 11.5 Å². The molecule has 4 rings (SSSR count). The second kappa shape index (κ2) is 3.29. The lowest BCUT2D eigenvalue weighted by Gasteiger charge is -1.99. The molecule has 0 aliphatic rings. The molecule has 3 heterocycles. The van der Waals surface area contributed by atoms with Crippen LogP contribution in [0.2, 0.25) is 0 Å². The van der Waals surface area contributed by atoms with Crippen LogP contribution in [0, 0.1) is 0 Å². The molecule has 0 saturated heterocycles. The standard InChI is InChI=1S/C10H6N8/c1-2-4-8-7(3-1)11-15-17(8)10-6-5-9-12-14-16-18(9)13-10/h1-6H. The van der Waals surface area contributed by atoms with Gasteiger partial charge in [0.05, 0.1) is 5.52 Å². The van der Waals surface area contributed by atoms with E-state index in [2.05, 4.69) is 30.9 Å². The van der Waals surface area contributed by atoms with Crippen LogP contribution in [0.4, 0.5) is 0 Å². The summed E-state index contributed by atoms with van der Waals surface area (Å²) in [6.45, 7) is 0. The lowest BCUT2D eigenvalue weighted by atomic mass is 10.3. The zero-order valence-corrected chi connectivity index (χ0v) is 9.04. The maximum Gasteiger partial charge on any atom is 0.200 e. The summed E-state index contributed by atoms with van der Waals surface area (Å²) in [4.78, 5) is 0. The SMILES string of the molecule is c1ccc2c(c1)nnn2-c1ccc2nnnn2n1. The van der Waals surface area contributed by atoms with E-state index in [1.54, 1.807) is 16.8 Å². The topological polar surface area (TPSA) is 86.7 Å². The summed E-state index contributed by atoms with van der Waals surface area (Å²) in [5.41, 5.74) is 2.29. The van der Waals surface area contributed by atoms with E-state index in [1.807, 2.05) is 24.3 Å². The van der Waals surface area contributed by atoms with Crippen molar-refractivity contribution in [3.8, 4) is 5.82 Å². The highest BCUT2D eigenvalue weighted by atomic mass is 15.6. The van der Waals surface area contributed by atoms with Gasteiger partial charge >= 0.3 is 0 Å². The van der Waals surface area contributed by atoms with Crippen LogP contribution in [0.15, 0.2) is 36.4 Å². The molecule has 0 atom stereocenters. The minimum Gasteiger partial charge on any atom is -0.193 e. The largest absolute Gasteiger partial charge is 0.200 e. The quantitative estimate of drug-likeness (QED) is 0.472. The molecule has 0 radical (unpaired) electrons. The Bertz CT molecular complexity index is 845. The van der Waals surface area contributed by atoms with Crippen LogP contribution in [-0.4, -0.2) is 40.2 Å². The number of hydrogen-bond donors (Lipinski definition) is 0. The van der Waals surface area contributed by atoms with Gasteiger partial charge < -0.3 is 0 Å². The van der Waals surface area contributed by atoms with Gasteiger partial charge in [0.1, 0.15) is 5.52 Å². The van der Waals surface area contributed by atoms with Crippen molar-refractivity contribution in [2.45, 2.75) is 0 Å². The van der Waals surface area contributed by atoms with Gasteiger partial charge in [-0.15, -0.1) is 19.9 Å². The van der Waals surface area contributed by atoms with E-state index >= 15 is 0 Å². The molecule has 1 aromatic carbocycles. The van der Waals surface area contributed by atoms with Gasteiger partial charge in [-0.05, 0) is 34.7 Å². The third kappa shape index (κ3) is 1.19. The van der Waals surface area contributed by atoms with Crippen molar-refractivity contribution in [2.75, 3.05) is 0 Å². The van der Waals surface area contributed by atoms with Crippen molar-refractivity contribution < 1.29 is 0 Å². The maximum absolute atomic E-state index is 4.27. The minimum atomic E-state index is 0.586. The Kier molecular flexibility index (Phi) is 1.68. The third-order valence-electron chi connectivity index (χ3n) is 2.62. The second-order valence-corrected chi connectivity index (χ2v) is 3.71. The number of fused-ring (bicyclic) bond motifs is 2. The molecule has 0 spiro atoms. The molecule has 0 aliphatic heterocycles. The Morgan fingerprint density at radius 3 is 2.83 bits per heavy atom. The van der Waals surface area contributed by atoms with Crippen LogP contribution in [0.5, 0.6) is 0 Å². The molecular weight excluding hydrogens is 232 g/mol. The molecule has 18 heavy (non-hydrogen) atoms. The van der Waals surface area contributed by atoms with Gasteiger partial charge in [-0.1, -0.05) is 17.3 Å². The summed E-state index contributed by atoms with van der Waals surface area (Å²) >= 11 is 0. The Balaban J connectivity index is 2.00. The Morgan fingerprint density at radius 1 is 0.889 bits per heavy atom. The van der Waals surface area contributed by atoms with Crippen LogP contribution in [0.3, 0.4) is 0 Å². The number of hydrogen-bond acceptors (Lipinski definition) is 6. The normalized spacial score (nSPS) is 11.3. The molecule has 3 aromatic heterocycles. The van der Waals surface area contributed by atoms with Crippen molar-refractivity contribution in [3.05, 3.63) is 36.4 Å². The van der Waals surface area contributed by atoms with Crippen molar-refractivity contribution in [1.82, 2.24) is 40.2 Å². The Labute approximate surface area is 99.8 Å². The van der Waals surface area contributed by atoms with Crippen molar-refractivity contribution >= 4 is 16.7 Å². The maximum atomic E-state index is 4.27. The van der Waals surface area contributed by atoms with Gasteiger partial charge in [0.25, 0.3) is 0 Å². The van der Waals surface area contributed by atoms with Crippen molar-refractivity contribution in [2.24, 2.45) is 0 Å². The summed E-state index contributed by atoms with van der Waals surface area (Å²) in [6.07, 6.45) is 0. The highest BCUT2D eigenvalue weighted by Gasteiger charge is 2.08. The summed E-state index contributed by atoms with van der Waals surface area (Å²) in [6, 6.07) is 11.2. The number of benzene rings is 1. The molecule has 0 aliphatic carbocycles. The summed E-state index contributed by atoms with van der Waals surface area (Å²) in [5.74, 6) is 0.614. The number of aromatic nitrogens is 8. The van der Waals surface area contributed by atoms with E-state index in [4.69, 9.17) is 0 Å². The summed E-state index contributed by atoms with van der Waals surface area (Å²) < 4.78 is 3.00. The fourth-order valence-corrected chi connectivity index (χ4v) is 1.79. The third-order valence-corrected chi connectivity index (χ3v) is 2.62. The molecule has 0 N–H and O–H groups in total. The Morgan fingerprint density at radius 2 is 1.83 bits per heavy atom. The first kappa shape index (κ1) is 9.16. The monoisotopic (exact) mass is 238 g/mol. The first-order chi connectivity index (χ1) is 8.92. The van der Waals surface area contributed by atoms with Gasteiger partial charge in [0.2, 0.25) is 0 Å². The highest BCUT2D eigenvalue weighted by molar-refractivity contribution is 5.75. The number of tetrazole rings is 1. The molecule has 0 bridgehead atoms. The van der Waals surface area contributed by atoms with Crippen LogP contribution >= 0.6 is 0 Å². The summed E-state index contributed by atoms with van der Waals surface area (Å²) in [7, 11) is 0. The predicted octanol–water partition coefficient (Wildman–Crippen LogP) is 0.253. The fraction of sp³-hybridized carbons (Fsp3) is 0. The van der Waals surface area contributed by atoms with Crippen molar-refractivity contribution in [3.63, 3.8) is 0 Å². The van der Waals surface area contributed by atoms with Crippen molar-refractivity contribution in [1.29, 1.82) is 0 Å². The van der Waals surface area contributed by atoms with E-state index in [0.717, 1.165) is 11.0 Å². The second-order valence-electron chi connectivity index (χ2n) is 3.71. The molecule has 4 aromatic rings.